The van der Waals surface area contributed by atoms with Gasteiger partial charge in [0.05, 0.1) is 28.0 Å². The van der Waals surface area contributed by atoms with E-state index in [0.29, 0.717) is 28.9 Å². The van der Waals surface area contributed by atoms with Crippen LogP contribution in [0.5, 0.6) is 0 Å². The number of anilines is 1. The van der Waals surface area contributed by atoms with Crippen LogP contribution in [0.15, 0.2) is 40.6 Å². The smallest absolute Gasteiger partial charge is 0.396 e. The molecule has 5 heterocycles. The molecule has 192 valence electrons. The number of fused-ring (bicyclic) bond motifs is 2. The zero-order valence-corrected chi connectivity index (χ0v) is 22.0. The van der Waals surface area contributed by atoms with Gasteiger partial charge in [0.1, 0.15) is 11.5 Å². The Morgan fingerprint density at radius 2 is 2.14 bits per heavy atom. The minimum Gasteiger partial charge on any atom is -0.459 e. The van der Waals surface area contributed by atoms with E-state index in [1.807, 2.05) is 25.1 Å². The Morgan fingerprint density at radius 3 is 2.95 bits per heavy atom. The van der Waals surface area contributed by atoms with Crippen LogP contribution >= 0.6 is 23.4 Å². The van der Waals surface area contributed by atoms with E-state index in [9.17, 15) is 9.59 Å². The topological polar surface area (TPSA) is 126 Å². The summed E-state index contributed by atoms with van der Waals surface area (Å²) in [5.74, 6) is -0.678. The summed E-state index contributed by atoms with van der Waals surface area (Å²) in [6.07, 6.45) is 5.10. The molecule has 1 saturated heterocycles. The van der Waals surface area contributed by atoms with Gasteiger partial charge in [-0.15, -0.1) is 0 Å². The molecule has 2 N–H and O–H groups in total. The number of hydrogen-bond donors (Lipinski definition) is 2. The second-order valence-corrected chi connectivity index (χ2v) is 10.1. The van der Waals surface area contributed by atoms with E-state index in [1.54, 1.807) is 19.3 Å². The fourth-order valence-electron chi connectivity index (χ4n) is 4.38. The van der Waals surface area contributed by atoms with Gasteiger partial charge < -0.3 is 19.9 Å². The number of ether oxygens (including phenoxy) is 1. The predicted molar refractivity (Wildman–Crippen MR) is 142 cm³/mol. The normalized spacial score (nSPS) is 15.4. The summed E-state index contributed by atoms with van der Waals surface area (Å²) in [5.41, 5.74) is 3.21. The second kappa shape index (κ2) is 10.9. The van der Waals surface area contributed by atoms with Gasteiger partial charge in [-0.2, -0.15) is 0 Å². The van der Waals surface area contributed by atoms with E-state index in [0.717, 1.165) is 52.2 Å². The van der Waals surface area contributed by atoms with Crippen LogP contribution in [0.2, 0.25) is 5.02 Å². The van der Waals surface area contributed by atoms with E-state index in [1.165, 1.54) is 11.8 Å². The van der Waals surface area contributed by atoms with Crippen molar-refractivity contribution >= 4 is 63.1 Å². The number of nitrogens with zero attached hydrogens (tertiary/aromatic N) is 5. The maximum Gasteiger partial charge on any atom is 0.396 e. The lowest BCUT2D eigenvalue weighted by Crippen LogP contribution is -2.36. The van der Waals surface area contributed by atoms with Crippen molar-refractivity contribution in [3.05, 3.63) is 41.3 Å². The molecule has 1 fully saturated rings. The van der Waals surface area contributed by atoms with Crippen molar-refractivity contribution in [1.82, 2.24) is 30.2 Å². The lowest BCUT2D eigenvalue weighted by atomic mass is 10.1. The molecule has 0 spiro atoms. The highest BCUT2D eigenvalue weighted by Gasteiger charge is 2.29. The van der Waals surface area contributed by atoms with Crippen molar-refractivity contribution in [2.75, 3.05) is 31.1 Å². The van der Waals surface area contributed by atoms with Crippen LogP contribution in [-0.2, 0) is 20.7 Å². The van der Waals surface area contributed by atoms with E-state index in [-0.39, 0.29) is 12.5 Å². The van der Waals surface area contributed by atoms with Gasteiger partial charge in [0.25, 0.3) is 0 Å². The molecule has 0 bridgehead atoms. The number of H-pyrrole nitrogens is 1. The monoisotopic (exact) mass is 539 g/mol. The number of hydrogen-bond acceptors (Lipinski definition) is 9. The van der Waals surface area contributed by atoms with E-state index in [4.69, 9.17) is 26.3 Å². The quantitative estimate of drug-likeness (QED) is 0.205. The Hall–Kier alpha value is -3.44. The third-order valence-corrected chi connectivity index (χ3v) is 7.45. The minimum absolute atomic E-state index is 0.151. The molecule has 12 heteroatoms. The van der Waals surface area contributed by atoms with Crippen LogP contribution in [0.4, 0.5) is 5.82 Å². The predicted octanol–water partition coefficient (Wildman–Crippen LogP) is 3.77. The van der Waals surface area contributed by atoms with Crippen molar-refractivity contribution < 1.29 is 14.3 Å². The summed E-state index contributed by atoms with van der Waals surface area (Å²) in [4.78, 5) is 48.5. The van der Waals surface area contributed by atoms with Gasteiger partial charge in [-0.1, -0.05) is 18.5 Å². The molecule has 4 aromatic heterocycles. The number of carbonyl (C=O) groups is 2. The molecule has 1 unspecified atom stereocenters. The van der Waals surface area contributed by atoms with Crippen molar-refractivity contribution in [3.63, 3.8) is 0 Å². The van der Waals surface area contributed by atoms with E-state index in [2.05, 4.69) is 25.2 Å². The number of carbonyl (C=O) groups excluding carboxylic acids is 2. The maximum atomic E-state index is 11.9. The molecule has 5 rings (SSSR count). The maximum absolute atomic E-state index is 11.9. The van der Waals surface area contributed by atoms with Crippen molar-refractivity contribution in [2.24, 2.45) is 5.92 Å². The largest absolute Gasteiger partial charge is 0.459 e. The van der Waals surface area contributed by atoms with Gasteiger partial charge in [-0.05, 0) is 55.6 Å². The Morgan fingerprint density at radius 1 is 1.27 bits per heavy atom. The first-order chi connectivity index (χ1) is 18.0. The van der Waals surface area contributed by atoms with Gasteiger partial charge in [0.15, 0.2) is 5.16 Å². The number of pyridine rings is 2. The number of rotatable bonds is 7. The van der Waals surface area contributed by atoms with Crippen LogP contribution in [0.3, 0.4) is 0 Å². The zero-order valence-electron chi connectivity index (χ0n) is 20.5. The summed E-state index contributed by atoms with van der Waals surface area (Å²) >= 11 is 8.16. The van der Waals surface area contributed by atoms with Gasteiger partial charge in [-0.25, -0.2) is 14.8 Å². The summed E-state index contributed by atoms with van der Waals surface area (Å²) in [5, 5.41) is 4.66. The SMILES string of the molecule is CCOC(=O)C(=O)NCC1CCN(c2nc(Sc3cnc4cccnc4c3)nc3[nH]c(CC)c(Cl)c23)C1. The third kappa shape index (κ3) is 5.33. The number of aryl methyl sites for hydroxylation is 1. The molecule has 1 atom stereocenters. The Labute approximate surface area is 222 Å². The molecule has 1 aliphatic heterocycles. The molecule has 4 aromatic rings. The average Bonchev–Trinajstić information content (AvgIpc) is 3.51. The lowest BCUT2D eigenvalue weighted by molar-refractivity contribution is -0.154. The summed E-state index contributed by atoms with van der Waals surface area (Å²) < 4.78 is 4.76. The first kappa shape index (κ1) is 25.2. The third-order valence-electron chi connectivity index (χ3n) is 6.21. The van der Waals surface area contributed by atoms with Crippen molar-refractivity contribution in [2.45, 2.75) is 36.7 Å². The van der Waals surface area contributed by atoms with E-state index < -0.39 is 11.9 Å². The van der Waals surface area contributed by atoms with Gasteiger partial charge >= 0.3 is 11.9 Å². The number of nitrogens with one attached hydrogen (secondary N) is 2. The zero-order chi connectivity index (χ0) is 25.9. The molecule has 0 aliphatic carbocycles. The Bertz CT molecular complexity index is 1480. The fourth-order valence-corrected chi connectivity index (χ4v) is 5.49. The fraction of sp³-hybridized carbons (Fsp3) is 0.360. The van der Waals surface area contributed by atoms with Gasteiger partial charge in [0, 0.05) is 42.6 Å². The minimum atomic E-state index is -0.860. The van der Waals surface area contributed by atoms with Gasteiger partial charge in [-0.3, -0.25) is 14.8 Å². The molecule has 10 nitrogen and oxygen atoms in total. The number of esters is 1. The lowest BCUT2D eigenvalue weighted by Gasteiger charge is -2.19. The number of amides is 1. The molecular formula is C25H26ClN7O3S. The van der Waals surface area contributed by atoms with Crippen LogP contribution in [-0.4, -0.2) is 63.0 Å². The summed E-state index contributed by atoms with van der Waals surface area (Å²) in [6.45, 7) is 5.63. The number of halogens is 1. The molecule has 37 heavy (non-hydrogen) atoms. The van der Waals surface area contributed by atoms with Crippen LogP contribution in [0.1, 0.15) is 26.0 Å². The van der Waals surface area contributed by atoms with Gasteiger partial charge in [0.2, 0.25) is 0 Å². The molecule has 0 radical (unpaired) electrons. The molecule has 0 saturated carbocycles. The van der Waals surface area contributed by atoms with Crippen LogP contribution in [0.25, 0.3) is 22.1 Å². The average molecular weight is 540 g/mol. The number of aromatic nitrogens is 5. The first-order valence-electron chi connectivity index (χ1n) is 12.1. The summed E-state index contributed by atoms with van der Waals surface area (Å²) in [6, 6.07) is 5.75. The second-order valence-electron chi connectivity index (χ2n) is 8.67. The van der Waals surface area contributed by atoms with Crippen LogP contribution in [0, 0.1) is 5.92 Å². The first-order valence-corrected chi connectivity index (χ1v) is 13.3. The molecule has 1 amide bonds. The standard InChI is InChI=1S/C25H26ClN7O3S/c1-3-16-20(26)19-21(30-16)31-25(37-15-10-18-17(28-12-15)6-5-8-27-18)32-22(19)33-9-7-14(13-33)11-29-23(34)24(35)36-4-2/h5-6,8,10,12,14H,3-4,7,9,11,13H2,1-2H3,(H,29,34)(H,30,31,32). The summed E-state index contributed by atoms with van der Waals surface area (Å²) in [7, 11) is 0. The molecule has 0 aromatic carbocycles. The Balaban J connectivity index is 1.40. The highest BCUT2D eigenvalue weighted by Crippen LogP contribution is 2.38. The highest BCUT2D eigenvalue weighted by molar-refractivity contribution is 7.99. The number of aromatic amines is 1. The van der Waals surface area contributed by atoms with E-state index >= 15 is 0 Å². The van der Waals surface area contributed by atoms with Crippen molar-refractivity contribution in [3.8, 4) is 0 Å². The van der Waals surface area contributed by atoms with Crippen molar-refractivity contribution in [1.29, 1.82) is 0 Å². The molecular weight excluding hydrogens is 514 g/mol. The highest BCUT2D eigenvalue weighted by atomic mass is 35.5. The molecule has 1 aliphatic rings. The Kier molecular flexibility index (Phi) is 7.43. The van der Waals surface area contributed by atoms with Crippen LogP contribution < -0.4 is 10.2 Å².